The molecule has 0 spiro atoms. The van der Waals surface area contributed by atoms with E-state index in [1.165, 1.54) is 11.1 Å². The first-order valence-electron chi connectivity index (χ1n) is 11.5. The van der Waals surface area contributed by atoms with Gasteiger partial charge in [0.15, 0.2) is 11.9 Å². The molecule has 1 atom stereocenters. The van der Waals surface area contributed by atoms with Gasteiger partial charge in [0.1, 0.15) is 5.75 Å². The molecule has 1 saturated heterocycles. The molecule has 2 heterocycles. The quantitative estimate of drug-likeness (QED) is 0.580. The minimum atomic E-state index is -0.520. The second-order valence-electron chi connectivity index (χ2n) is 8.94. The van der Waals surface area contributed by atoms with E-state index in [2.05, 4.69) is 47.1 Å². The van der Waals surface area contributed by atoms with Crippen molar-refractivity contribution in [3.05, 3.63) is 70.8 Å². The zero-order chi connectivity index (χ0) is 23.5. The lowest BCUT2D eigenvalue weighted by Crippen LogP contribution is -2.52. The highest BCUT2D eigenvalue weighted by Gasteiger charge is 2.27. The lowest BCUT2D eigenvalue weighted by atomic mass is 10.0. The molecule has 3 aromatic rings. The molecule has 6 heteroatoms. The predicted molar refractivity (Wildman–Crippen MR) is 132 cm³/mol. The minimum absolute atomic E-state index is 0.0202. The summed E-state index contributed by atoms with van der Waals surface area (Å²) in [4.78, 5) is 17.0. The van der Waals surface area contributed by atoms with Gasteiger partial charge in [-0.15, -0.1) is 10.2 Å². The second-order valence-corrected chi connectivity index (χ2v) is 8.94. The number of nitrogens with zero attached hydrogens (tertiary/aromatic N) is 4. The normalized spacial score (nSPS) is 14.8. The summed E-state index contributed by atoms with van der Waals surface area (Å²) in [5.41, 5.74) is 6.57. The molecule has 2 aromatic carbocycles. The van der Waals surface area contributed by atoms with Crippen molar-refractivity contribution in [1.82, 2.24) is 15.1 Å². The third-order valence-corrected chi connectivity index (χ3v) is 6.22. The Morgan fingerprint density at radius 2 is 1.55 bits per heavy atom. The van der Waals surface area contributed by atoms with E-state index in [1.807, 2.05) is 56.0 Å². The number of piperazine rings is 1. The summed E-state index contributed by atoms with van der Waals surface area (Å²) in [5.74, 6) is 1.63. The van der Waals surface area contributed by atoms with Gasteiger partial charge in [-0.05, 0) is 69.5 Å². The van der Waals surface area contributed by atoms with E-state index in [1.54, 1.807) is 0 Å². The molecule has 1 unspecified atom stereocenters. The smallest absolute Gasteiger partial charge is 0.263 e. The van der Waals surface area contributed by atoms with Gasteiger partial charge in [-0.25, -0.2) is 0 Å². The Labute approximate surface area is 196 Å². The van der Waals surface area contributed by atoms with Gasteiger partial charge in [0.2, 0.25) is 0 Å². The van der Waals surface area contributed by atoms with Crippen LogP contribution >= 0.6 is 0 Å². The molecule has 0 saturated carbocycles. The topological polar surface area (TPSA) is 58.6 Å². The van der Waals surface area contributed by atoms with E-state index < -0.39 is 6.10 Å². The monoisotopic (exact) mass is 444 g/mol. The second kappa shape index (κ2) is 9.61. The number of carbonyl (C=O) groups excluding carboxylic acids is 1. The molecule has 1 fully saturated rings. The molecule has 1 aliphatic rings. The van der Waals surface area contributed by atoms with E-state index >= 15 is 0 Å². The summed E-state index contributed by atoms with van der Waals surface area (Å²) < 4.78 is 6.00. The van der Waals surface area contributed by atoms with Crippen molar-refractivity contribution in [2.24, 2.45) is 0 Å². The third-order valence-electron chi connectivity index (χ3n) is 6.22. The fraction of sp³-hybridized carbons (Fsp3) is 0.370. The van der Waals surface area contributed by atoms with Crippen LogP contribution < -0.4 is 9.64 Å². The SMILES string of the molecule is Cc1ccc(-c2ccc(N3CCN(C(=O)C(C)Oc4cc(C)ccc4C)CC3)nn2)c(C)c1. The Morgan fingerprint density at radius 1 is 0.848 bits per heavy atom. The molecule has 172 valence electrons. The van der Waals surface area contributed by atoms with Gasteiger partial charge < -0.3 is 14.5 Å². The van der Waals surface area contributed by atoms with Gasteiger partial charge >= 0.3 is 0 Å². The van der Waals surface area contributed by atoms with E-state index in [0.717, 1.165) is 47.0 Å². The molecule has 0 aliphatic carbocycles. The van der Waals surface area contributed by atoms with Crippen LogP contribution in [-0.2, 0) is 4.79 Å². The number of ether oxygens (including phenoxy) is 1. The Morgan fingerprint density at radius 3 is 2.21 bits per heavy atom. The third kappa shape index (κ3) is 5.16. The van der Waals surface area contributed by atoms with Crippen LogP contribution in [0.15, 0.2) is 48.5 Å². The molecule has 6 nitrogen and oxygen atoms in total. The number of amides is 1. The molecule has 0 bridgehead atoms. The maximum absolute atomic E-state index is 13.0. The van der Waals surface area contributed by atoms with Crippen LogP contribution in [0.4, 0.5) is 5.82 Å². The fourth-order valence-electron chi connectivity index (χ4n) is 4.23. The van der Waals surface area contributed by atoms with Gasteiger partial charge in [0.25, 0.3) is 5.91 Å². The molecule has 0 N–H and O–H groups in total. The van der Waals surface area contributed by atoms with Crippen LogP contribution in [0.5, 0.6) is 5.75 Å². The van der Waals surface area contributed by atoms with Crippen LogP contribution in [0.1, 0.15) is 29.2 Å². The summed E-state index contributed by atoms with van der Waals surface area (Å²) in [7, 11) is 0. The van der Waals surface area contributed by atoms with E-state index in [9.17, 15) is 4.79 Å². The molecule has 0 radical (unpaired) electrons. The molecule has 1 aliphatic heterocycles. The van der Waals surface area contributed by atoms with Gasteiger partial charge in [-0.2, -0.15) is 0 Å². The maximum Gasteiger partial charge on any atom is 0.263 e. The first-order chi connectivity index (χ1) is 15.8. The molecule has 1 aromatic heterocycles. The van der Waals surface area contributed by atoms with Crippen molar-refractivity contribution in [2.75, 3.05) is 31.1 Å². The summed E-state index contributed by atoms with van der Waals surface area (Å²) in [6.45, 7) is 12.8. The first-order valence-corrected chi connectivity index (χ1v) is 11.5. The number of anilines is 1. The first kappa shape index (κ1) is 22.8. The molecule has 33 heavy (non-hydrogen) atoms. The number of hydrogen-bond acceptors (Lipinski definition) is 5. The van der Waals surface area contributed by atoms with Crippen molar-refractivity contribution in [3.63, 3.8) is 0 Å². The van der Waals surface area contributed by atoms with Crippen LogP contribution in [0, 0.1) is 27.7 Å². The zero-order valence-electron chi connectivity index (χ0n) is 20.1. The largest absolute Gasteiger partial charge is 0.481 e. The highest BCUT2D eigenvalue weighted by molar-refractivity contribution is 5.81. The van der Waals surface area contributed by atoms with Crippen LogP contribution in [-0.4, -0.2) is 53.3 Å². The van der Waals surface area contributed by atoms with Gasteiger partial charge in [0.05, 0.1) is 5.69 Å². The molecule has 1 amide bonds. The average Bonchev–Trinajstić information content (AvgIpc) is 2.81. The number of aromatic nitrogens is 2. The standard InChI is InChI=1S/C27H32N4O2/c1-18-7-9-23(21(4)16-18)24-10-11-26(29-28-24)30-12-14-31(15-13-30)27(32)22(5)33-25-17-19(2)6-8-20(25)3/h6-11,16-17,22H,12-15H2,1-5H3. The van der Waals surface area contributed by atoms with Crippen molar-refractivity contribution in [1.29, 1.82) is 0 Å². The summed E-state index contributed by atoms with van der Waals surface area (Å²) in [6, 6.07) is 16.4. The minimum Gasteiger partial charge on any atom is -0.481 e. The van der Waals surface area contributed by atoms with E-state index in [4.69, 9.17) is 4.74 Å². The summed E-state index contributed by atoms with van der Waals surface area (Å²) in [6.07, 6.45) is -0.520. The number of aryl methyl sites for hydroxylation is 4. The molecular formula is C27H32N4O2. The van der Waals surface area contributed by atoms with E-state index in [-0.39, 0.29) is 5.91 Å². The Balaban J connectivity index is 1.35. The average molecular weight is 445 g/mol. The lowest BCUT2D eigenvalue weighted by Gasteiger charge is -2.36. The number of carbonyl (C=O) groups is 1. The maximum atomic E-state index is 13.0. The van der Waals surface area contributed by atoms with Crippen molar-refractivity contribution < 1.29 is 9.53 Å². The lowest BCUT2D eigenvalue weighted by molar-refractivity contribution is -0.138. The van der Waals surface area contributed by atoms with Crippen molar-refractivity contribution >= 4 is 11.7 Å². The van der Waals surface area contributed by atoms with Crippen LogP contribution in [0.25, 0.3) is 11.3 Å². The Kier molecular flexibility index (Phi) is 6.63. The summed E-state index contributed by atoms with van der Waals surface area (Å²) >= 11 is 0. The zero-order valence-corrected chi connectivity index (χ0v) is 20.1. The highest BCUT2D eigenvalue weighted by atomic mass is 16.5. The number of hydrogen-bond donors (Lipinski definition) is 0. The highest BCUT2D eigenvalue weighted by Crippen LogP contribution is 2.24. The van der Waals surface area contributed by atoms with Crippen LogP contribution in [0.3, 0.4) is 0 Å². The molecular weight excluding hydrogens is 412 g/mol. The van der Waals surface area contributed by atoms with Gasteiger partial charge in [-0.3, -0.25) is 4.79 Å². The Bertz CT molecular complexity index is 1140. The molecule has 4 rings (SSSR count). The van der Waals surface area contributed by atoms with Crippen molar-refractivity contribution in [3.8, 4) is 17.0 Å². The van der Waals surface area contributed by atoms with Crippen molar-refractivity contribution in [2.45, 2.75) is 40.7 Å². The predicted octanol–water partition coefficient (Wildman–Crippen LogP) is 4.49. The van der Waals surface area contributed by atoms with Gasteiger partial charge in [-0.1, -0.05) is 35.9 Å². The number of benzene rings is 2. The van der Waals surface area contributed by atoms with Gasteiger partial charge in [0, 0.05) is 31.7 Å². The van der Waals surface area contributed by atoms with E-state index in [0.29, 0.717) is 13.1 Å². The fourth-order valence-corrected chi connectivity index (χ4v) is 4.23. The summed E-state index contributed by atoms with van der Waals surface area (Å²) in [5, 5.41) is 8.94. The van der Waals surface area contributed by atoms with Crippen LogP contribution in [0.2, 0.25) is 0 Å². The number of rotatable bonds is 5. The Hall–Kier alpha value is -3.41.